The monoisotopic (exact) mass is 227 g/mol. The molecule has 1 aromatic heterocycles. The van der Waals surface area contributed by atoms with E-state index in [1.165, 1.54) is 0 Å². The number of nitrogens with zero attached hydrogens (tertiary/aromatic N) is 1. The summed E-state index contributed by atoms with van der Waals surface area (Å²) in [6.07, 6.45) is 1.71. The minimum absolute atomic E-state index is 0.534. The smallest absolute Gasteiger partial charge is 0.310 e. The van der Waals surface area contributed by atoms with E-state index in [1.807, 2.05) is 42.5 Å². The second kappa shape index (κ2) is 4.78. The molecule has 0 aliphatic heterocycles. The SMILES string of the molecule is CC(C(=O)O)c1ccccc1-c1ccccn1. The molecule has 1 atom stereocenters. The second-order valence-electron chi connectivity index (χ2n) is 3.86. The molecule has 2 aromatic rings. The second-order valence-corrected chi connectivity index (χ2v) is 3.86. The number of hydrogen-bond acceptors (Lipinski definition) is 2. The van der Waals surface area contributed by atoms with E-state index in [9.17, 15) is 4.79 Å². The molecule has 0 fully saturated rings. The minimum atomic E-state index is -0.826. The maximum Gasteiger partial charge on any atom is 0.310 e. The van der Waals surface area contributed by atoms with Gasteiger partial charge in [0.2, 0.25) is 0 Å². The van der Waals surface area contributed by atoms with Crippen LogP contribution in [0.5, 0.6) is 0 Å². The largest absolute Gasteiger partial charge is 0.481 e. The highest BCUT2D eigenvalue weighted by atomic mass is 16.4. The van der Waals surface area contributed by atoms with Crippen LogP contribution in [-0.4, -0.2) is 16.1 Å². The van der Waals surface area contributed by atoms with Crippen LogP contribution in [-0.2, 0) is 4.79 Å². The summed E-state index contributed by atoms with van der Waals surface area (Å²) in [5, 5.41) is 9.09. The zero-order valence-electron chi connectivity index (χ0n) is 9.50. The molecule has 0 radical (unpaired) electrons. The Morgan fingerprint density at radius 3 is 2.53 bits per heavy atom. The zero-order chi connectivity index (χ0) is 12.3. The Kier molecular flexibility index (Phi) is 3.19. The third kappa shape index (κ3) is 2.33. The highest BCUT2D eigenvalue weighted by Gasteiger charge is 2.17. The summed E-state index contributed by atoms with van der Waals surface area (Å²) >= 11 is 0. The van der Waals surface area contributed by atoms with Crippen molar-refractivity contribution in [3.05, 3.63) is 54.2 Å². The predicted molar refractivity (Wildman–Crippen MR) is 65.7 cm³/mol. The van der Waals surface area contributed by atoms with E-state index in [0.29, 0.717) is 0 Å². The van der Waals surface area contributed by atoms with Crippen molar-refractivity contribution in [2.75, 3.05) is 0 Å². The van der Waals surface area contributed by atoms with Gasteiger partial charge in [0.1, 0.15) is 0 Å². The molecule has 0 amide bonds. The molecule has 86 valence electrons. The number of carboxylic acid groups (broad SMARTS) is 1. The topological polar surface area (TPSA) is 50.2 Å². The highest BCUT2D eigenvalue weighted by molar-refractivity contribution is 5.79. The number of aromatic nitrogens is 1. The van der Waals surface area contributed by atoms with Crippen molar-refractivity contribution < 1.29 is 9.90 Å². The fourth-order valence-electron chi connectivity index (χ4n) is 1.76. The van der Waals surface area contributed by atoms with E-state index in [2.05, 4.69) is 4.98 Å². The van der Waals surface area contributed by atoms with Crippen molar-refractivity contribution in [3.63, 3.8) is 0 Å². The van der Waals surface area contributed by atoms with Crippen molar-refractivity contribution in [2.24, 2.45) is 0 Å². The van der Waals surface area contributed by atoms with Crippen LogP contribution in [0.25, 0.3) is 11.3 Å². The van der Waals surface area contributed by atoms with Gasteiger partial charge in [-0.25, -0.2) is 0 Å². The lowest BCUT2D eigenvalue weighted by Gasteiger charge is -2.12. The van der Waals surface area contributed by atoms with Crippen molar-refractivity contribution in [2.45, 2.75) is 12.8 Å². The van der Waals surface area contributed by atoms with E-state index < -0.39 is 11.9 Å². The van der Waals surface area contributed by atoms with E-state index in [1.54, 1.807) is 13.1 Å². The molecule has 3 nitrogen and oxygen atoms in total. The van der Waals surface area contributed by atoms with E-state index in [0.717, 1.165) is 16.8 Å². The third-order valence-corrected chi connectivity index (χ3v) is 2.74. The number of hydrogen-bond donors (Lipinski definition) is 1. The highest BCUT2D eigenvalue weighted by Crippen LogP contribution is 2.27. The summed E-state index contributed by atoms with van der Waals surface area (Å²) in [5.74, 6) is -1.36. The Balaban J connectivity index is 2.52. The maximum absolute atomic E-state index is 11.1. The number of rotatable bonds is 3. The lowest BCUT2D eigenvalue weighted by molar-refractivity contribution is -0.138. The van der Waals surface area contributed by atoms with Crippen LogP contribution in [0.2, 0.25) is 0 Å². The lowest BCUT2D eigenvalue weighted by atomic mass is 9.94. The summed E-state index contributed by atoms with van der Waals surface area (Å²) < 4.78 is 0. The number of benzene rings is 1. The average molecular weight is 227 g/mol. The molecule has 1 aromatic carbocycles. The summed E-state index contributed by atoms with van der Waals surface area (Å²) in [7, 11) is 0. The summed E-state index contributed by atoms with van der Waals surface area (Å²) in [4.78, 5) is 15.3. The number of pyridine rings is 1. The first-order valence-corrected chi connectivity index (χ1v) is 5.43. The van der Waals surface area contributed by atoms with Crippen molar-refractivity contribution in [1.82, 2.24) is 4.98 Å². The fourth-order valence-corrected chi connectivity index (χ4v) is 1.76. The summed E-state index contributed by atoms with van der Waals surface area (Å²) in [6, 6.07) is 13.1. The standard InChI is InChI=1S/C14H13NO2/c1-10(14(16)17)11-6-2-3-7-12(11)13-8-4-5-9-15-13/h2-10H,1H3,(H,16,17). The van der Waals surface area contributed by atoms with Crippen molar-refractivity contribution >= 4 is 5.97 Å². The molecule has 0 aliphatic carbocycles. The number of carbonyl (C=O) groups is 1. The zero-order valence-corrected chi connectivity index (χ0v) is 9.50. The van der Waals surface area contributed by atoms with Gasteiger partial charge in [0.15, 0.2) is 0 Å². The van der Waals surface area contributed by atoms with Gasteiger partial charge in [-0.1, -0.05) is 30.3 Å². The Morgan fingerprint density at radius 2 is 1.88 bits per heavy atom. The van der Waals surface area contributed by atoms with E-state index >= 15 is 0 Å². The molecular formula is C14H13NO2. The third-order valence-electron chi connectivity index (χ3n) is 2.74. The first-order chi connectivity index (χ1) is 8.20. The fraction of sp³-hybridized carbons (Fsp3) is 0.143. The van der Waals surface area contributed by atoms with Crippen LogP contribution in [0.3, 0.4) is 0 Å². The van der Waals surface area contributed by atoms with Gasteiger partial charge in [0, 0.05) is 11.8 Å². The first-order valence-electron chi connectivity index (χ1n) is 5.43. The quantitative estimate of drug-likeness (QED) is 0.877. The molecule has 0 saturated carbocycles. The van der Waals surface area contributed by atoms with Gasteiger partial charge in [0.05, 0.1) is 11.6 Å². The molecule has 0 saturated heterocycles. The molecule has 2 rings (SSSR count). The van der Waals surface area contributed by atoms with E-state index in [-0.39, 0.29) is 0 Å². The Morgan fingerprint density at radius 1 is 1.18 bits per heavy atom. The summed E-state index contributed by atoms with van der Waals surface area (Å²) in [5.41, 5.74) is 2.47. The van der Waals surface area contributed by atoms with E-state index in [4.69, 9.17) is 5.11 Å². The maximum atomic E-state index is 11.1. The normalized spacial score (nSPS) is 12.1. The van der Waals surface area contributed by atoms with Crippen LogP contribution in [0.4, 0.5) is 0 Å². The van der Waals surface area contributed by atoms with Gasteiger partial charge in [-0.15, -0.1) is 0 Å². The predicted octanol–water partition coefficient (Wildman–Crippen LogP) is 2.94. The van der Waals surface area contributed by atoms with Crippen molar-refractivity contribution in [3.8, 4) is 11.3 Å². The molecule has 0 aliphatic rings. The van der Waals surface area contributed by atoms with Crippen LogP contribution in [0, 0.1) is 0 Å². The Labute approximate surface area is 99.8 Å². The number of aliphatic carboxylic acids is 1. The van der Waals surface area contributed by atoms with Crippen molar-refractivity contribution in [1.29, 1.82) is 0 Å². The van der Waals surface area contributed by atoms with Gasteiger partial charge in [-0.2, -0.15) is 0 Å². The number of carboxylic acids is 1. The van der Waals surface area contributed by atoms with Crippen LogP contribution < -0.4 is 0 Å². The molecule has 0 bridgehead atoms. The Bertz CT molecular complexity index is 523. The Hall–Kier alpha value is -2.16. The molecule has 1 N–H and O–H groups in total. The lowest BCUT2D eigenvalue weighted by Crippen LogP contribution is -2.08. The molecule has 1 heterocycles. The molecule has 3 heteroatoms. The first kappa shape index (κ1) is 11.3. The van der Waals surface area contributed by atoms with Gasteiger partial charge < -0.3 is 5.11 Å². The van der Waals surface area contributed by atoms with Crippen LogP contribution in [0.15, 0.2) is 48.7 Å². The van der Waals surface area contributed by atoms with Gasteiger partial charge in [0.25, 0.3) is 0 Å². The summed E-state index contributed by atoms with van der Waals surface area (Å²) in [6.45, 7) is 1.68. The van der Waals surface area contributed by atoms with Gasteiger partial charge in [-0.05, 0) is 24.6 Å². The van der Waals surface area contributed by atoms with Gasteiger partial charge in [-0.3, -0.25) is 9.78 Å². The van der Waals surface area contributed by atoms with Gasteiger partial charge >= 0.3 is 5.97 Å². The minimum Gasteiger partial charge on any atom is -0.481 e. The molecule has 0 spiro atoms. The average Bonchev–Trinajstić information content (AvgIpc) is 2.39. The van der Waals surface area contributed by atoms with Crippen LogP contribution in [0.1, 0.15) is 18.4 Å². The molecule has 1 unspecified atom stereocenters. The molecule has 17 heavy (non-hydrogen) atoms. The van der Waals surface area contributed by atoms with Crippen LogP contribution >= 0.6 is 0 Å². The molecular weight excluding hydrogens is 214 g/mol.